The van der Waals surface area contributed by atoms with Crippen molar-refractivity contribution in [1.29, 1.82) is 0 Å². The van der Waals surface area contributed by atoms with Gasteiger partial charge in [0.15, 0.2) is 0 Å². The number of aliphatic carboxylic acids is 1. The molecule has 2 aliphatic carbocycles. The van der Waals surface area contributed by atoms with E-state index in [1.54, 1.807) is 4.90 Å². The molecule has 7 nitrogen and oxygen atoms in total. The van der Waals surface area contributed by atoms with E-state index in [2.05, 4.69) is 0 Å². The average Bonchev–Trinajstić information content (AvgIpc) is 3.29. The van der Waals surface area contributed by atoms with Gasteiger partial charge in [-0.15, -0.1) is 0 Å². The summed E-state index contributed by atoms with van der Waals surface area (Å²) in [6, 6.07) is 4.62. The number of halogens is 1. The van der Waals surface area contributed by atoms with E-state index in [0.29, 0.717) is 6.42 Å². The van der Waals surface area contributed by atoms with Crippen LogP contribution in [0.4, 0.5) is 4.39 Å². The fourth-order valence-corrected chi connectivity index (χ4v) is 6.02. The molecule has 4 atom stereocenters. The third-order valence-corrected chi connectivity index (χ3v) is 7.93. The van der Waals surface area contributed by atoms with Crippen LogP contribution in [0.3, 0.4) is 0 Å². The summed E-state index contributed by atoms with van der Waals surface area (Å²) in [6.45, 7) is 0.601. The molecule has 0 spiro atoms. The Labute approximate surface area is 162 Å². The number of nitrogens with zero attached hydrogens (tertiary/aromatic N) is 2. The fourth-order valence-electron chi connectivity index (χ4n) is 4.60. The Kier molecular flexibility index (Phi) is 4.75. The van der Waals surface area contributed by atoms with E-state index < -0.39 is 33.6 Å². The van der Waals surface area contributed by atoms with Gasteiger partial charge in [-0.25, -0.2) is 12.8 Å². The molecular weight excluding hydrogens is 387 g/mol. The van der Waals surface area contributed by atoms with Crippen molar-refractivity contribution in [2.45, 2.75) is 11.3 Å². The second-order valence-corrected chi connectivity index (χ2v) is 9.44. The maximum Gasteiger partial charge on any atom is 0.243 e. The highest BCUT2D eigenvalue weighted by molar-refractivity contribution is 7.89. The summed E-state index contributed by atoms with van der Waals surface area (Å²) in [4.78, 5) is 26.0. The van der Waals surface area contributed by atoms with E-state index in [4.69, 9.17) is 0 Å². The lowest BCUT2D eigenvalue weighted by atomic mass is 9.82. The monoisotopic (exact) mass is 407 g/mol. The molecule has 1 saturated heterocycles. The van der Waals surface area contributed by atoms with Gasteiger partial charge < -0.3 is 14.8 Å². The maximum absolute atomic E-state index is 13.1. The van der Waals surface area contributed by atoms with E-state index in [1.807, 2.05) is 12.2 Å². The molecule has 0 radical (unpaired) electrons. The van der Waals surface area contributed by atoms with Crippen LogP contribution in [0.15, 0.2) is 41.3 Å². The first-order valence-electron chi connectivity index (χ1n) is 9.23. The topological polar surface area (TPSA) is 97.8 Å². The standard InChI is InChI=1S/C19H21FN2O5S/c20-14-3-5-15(6-4-14)28(26,27)22-9-7-21(8-10-22)18(23)16-12-1-2-13(11-12)17(16)19(24)25/h1-6,12-13,16-17H,7-11H2,(H,24,25)/p-1/t12-,13+,16+,17+/m1/s1. The highest BCUT2D eigenvalue weighted by atomic mass is 32.2. The molecule has 2 fully saturated rings. The fraction of sp³-hybridized carbons (Fsp3) is 0.474. The Bertz CT molecular complexity index is 922. The van der Waals surface area contributed by atoms with Crippen molar-refractivity contribution in [3.8, 4) is 0 Å². The van der Waals surface area contributed by atoms with Crippen LogP contribution in [0.25, 0.3) is 0 Å². The van der Waals surface area contributed by atoms with Crippen LogP contribution < -0.4 is 5.11 Å². The number of carbonyl (C=O) groups is 2. The summed E-state index contributed by atoms with van der Waals surface area (Å²) in [5.74, 6) is -3.68. The van der Waals surface area contributed by atoms with Gasteiger partial charge in [0.25, 0.3) is 0 Å². The number of carboxylic acids is 1. The molecule has 2 bridgehead atoms. The van der Waals surface area contributed by atoms with Crippen molar-refractivity contribution in [3.05, 3.63) is 42.2 Å². The molecule has 3 aliphatic rings. The SMILES string of the molecule is O=C([O-])[C@@H]1[C@@H](C(=O)N2CCN(S(=O)(=O)c3ccc(F)cc3)CC2)[C@@H]2C=C[C@H]1C2. The quantitative estimate of drug-likeness (QED) is 0.647. The van der Waals surface area contributed by atoms with Gasteiger partial charge in [0.05, 0.1) is 10.8 Å². The number of sulfonamides is 1. The third kappa shape index (κ3) is 3.12. The van der Waals surface area contributed by atoms with Crippen LogP contribution >= 0.6 is 0 Å². The number of hydrogen-bond donors (Lipinski definition) is 0. The molecular formula is C19H20FN2O5S-. The number of carboxylic acid groups (broad SMARTS) is 1. The smallest absolute Gasteiger partial charge is 0.243 e. The van der Waals surface area contributed by atoms with Gasteiger partial charge in [-0.2, -0.15) is 4.31 Å². The lowest BCUT2D eigenvalue weighted by Crippen LogP contribution is -2.54. The van der Waals surface area contributed by atoms with Gasteiger partial charge in [-0.1, -0.05) is 12.2 Å². The number of fused-ring (bicyclic) bond motifs is 2. The Morgan fingerprint density at radius 3 is 2.11 bits per heavy atom. The van der Waals surface area contributed by atoms with Crippen molar-refractivity contribution in [3.63, 3.8) is 0 Å². The zero-order valence-electron chi connectivity index (χ0n) is 15.0. The minimum atomic E-state index is -3.77. The molecule has 1 aliphatic heterocycles. The van der Waals surface area contributed by atoms with E-state index in [0.717, 1.165) is 12.1 Å². The normalized spacial score (nSPS) is 30.0. The molecule has 0 N–H and O–H groups in total. The summed E-state index contributed by atoms with van der Waals surface area (Å²) in [5.41, 5.74) is 0. The summed E-state index contributed by atoms with van der Waals surface area (Å²) in [7, 11) is -3.77. The number of piperazine rings is 1. The highest BCUT2D eigenvalue weighted by Crippen LogP contribution is 2.48. The van der Waals surface area contributed by atoms with E-state index in [-0.39, 0.29) is 48.8 Å². The van der Waals surface area contributed by atoms with Crippen LogP contribution in [0.1, 0.15) is 6.42 Å². The molecule has 0 unspecified atom stereocenters. The van der Waals surface area contributed by atoms with Gasteiger partial charge in [0.2, 0.25) is 15.9 Å². The average molecular weight is 407 g/mol. The number of hydrogen-bond acceptors (Lipinski definition) is 5. The van der Waals surface area contributed by atoms with Crippen LogP contribution in [-0.2, 0) is 19.6 Å². The first kappa shape index (κ1) is 19.1. The highest BCUT2D eigenvalue weighted by Gasteiger charge is 2.50. The lowest BCUT2D eigenvalue weighted by molar-refractivity contribution is -0.313. The number of rotatable bonds is 4. The van der Waals surface area contributed by atoms with Gasteiger partial charge in [-0.3, -0.25) is 4.79 Å². The molecule has 1 aromatic rings. The number of allylic oxidation sites excluding steroid dienone is 2. The van der Waals surface area contributed by atoms with Gasteiger partial charge >= 0.3 is 0 Å². The third-order valence-electron chi connectivity index (χ3n) is 6.02. The van der Waals surface area contributed by atoms with Crippen LogP contribution in [0.2, 0.25) is 0 Å². The van der Waals surface area contributed by atoms with E-state index >= 15 is 0 Å². The summed E-state index contributed by atoms with van der Waals surface area (Å²) < 4.78 is 39.7. The molecule has 9 heteroatoms. The Morgan fingerprint density at radius 2 is 1.54 bits per heavy atom. The first-order chi connectivity index (χ1) is 13.3. The van der Waals surface area contributed by atoms with Crippen molar-refractivity contribution in [2.24, 2.45) is 23.7 Å². The van der Waals surface area contributed by atoms with Crippen molar-refractivity contribution >= 4 is 21.9 Å². The van der Waals surface area contributed by atoms with E-state index in [9.17, 15) is 27.5 Å². The van der Waals surface area contributed by atoms with Crippen molar-refractivity contribution in [1.82, 2.24) is 9.21 Å². The minimum absolute atomic E-state index is 0.00364. The molecule has 1 aromatic carbocycles. The number of amides is 1. The predicted octanol–water partition coefficient (Wildman–Crippen LogP) is -0.153. The Balaban J connectivity index is 1.44. The molecule has 1 amide bonds. The van der Waals surface area contributed by atoms with Crippen LogP contribution in [0, 0.1) is 29.5 Å². The Morgan fingerprint density at radius 1 is 0.964 bits per heavy atom. The van der Waals surface area contributed by atoms with Crippen LogP contribution in [0.5, 0.6) is 0 Å². The zero-order valence-corrected chi connectivity index (χ0v) is 15.8. The van der Waals surface area contributed by atoms with Gasteiger partial charge in [0.1, 0.15) is 5.82 Å². The number of benzene rings is 1. The second kappa shape index (κ2) is 6.97. The summed E-state index contributed by atoms with van der Waals surface area (Å²) in [6.07, 6.45) is 4.40. The molecule has 4 rings (SSSR count). The zero-order chi connectivity index (χ0) is 20.1. The first-order valence-corrected chi connectivity index (χ1v) is 10.7. The Hall–Kier alpha value is -2.26. The minimum Gasteiger partial charge on any atom is -0.550 e. The second-order valence-electron chi connectivity index (χ2n) is 7.50. The number of carbonyl (C=O) groups excluding carboxylic acids is 2. The molecule has 1 saturated carbocycles. The van der Waals surface area contributed by atoms with Crippen molar-refractivity contribution in [2.75, 3.05) is 26.2 Å². The van der Waals surface area contributed by atoms with Crippen LogP contribution in [-0.4, -0.2) is 55.7 Å². The molecule has 28 heavy (non-hydrogen) atoms. The summed E-state index contributed by atoms with van der Waals surface area (Å²) >= 11 is 0. The van der Waals surface area contributed by atoms with Gasteiger partial charge in [-0.05, 0) is 42.5 Å². The molecule has 0 aromatic heterocycles. The summed E-state index contributed by atoms with van der Waals surface area (Å²) in [5, 5.41) is 11.5. The van der Waals surface area contributed by atoms with E-state index in [1.165, 1.54) is 16.4 Å². The maximum atomic E-state index is 13.1. The predicted molar refractivity (Wildman–Crippen MR) is 94.5 cm³/mol. The van der Waals surface area contributed by atoms with Crippen molar-refractivity contribution < 1.29 is 27.5 Å². The lowest BCUT2D eigenvalue weighted by Gasteiger charge is -2.38. The molecule has 1 heterocycles. The largest absolute Gasteiger partial charge is 0.550 e. The molecule has 150 valence electrons. The van der Waals surface area contributed by atoms with Gasteiger partial charge in [0, 0.05) is 38.1 Å².